The normalized spacial score (nSPS) is 11.2. The number of benzene rings is 2. The first-order valence-corrected chi connectivity index (χ1v) is 7.17. The molecule has 0 aromatic heterocycles. The average Bonchev–Trinajstić information content (AvgIpc) is 2.42. The second-order valence-corrected chi connectivity index (χ2v) is 5.77. The summed E-state index contributed by atoms with van der Waals surface area (Å²) in [5.41, 5.74) is 3.39. The van der Waals surface area contributed by atoms with Gasteiger partial charge in [-0.2, -0.15) is 0 Å². The smallest absolute Gasteiger partial charge is 0.131 e. The molecule has 21 heavy (non-hydrogen) atoms. The van der Waals surface area contributed by atoms with E-state index in [1.165, 1.54) is 12.1 Å². The highest BCUT2D eigenvalue weighted by Crippen LogP contribution is 2.29. The number of nitrogens with one attached hydrogen (secondary N) is 1. The van der Waals surface area contributed by atoms with Crippen LogP contribution in [0.15, 0.2) is 30.3 Å². The maximum atomic E-state index is 14.2. The van der Waals surface area contributed by atoms with Crippen LogP contribution in [0.1, 0.15) is 30.5 Å². The van der Waals surface area contributed by atoms with Crippen LogP contribution in [0.4, 0.5) is 8.78 Å². The van der Waals surface area contributed by atoms with E-state index >= 15 is 0 Å². The molecule has 1 N–H and O–H groups in total. The summed E-state index contributed by atoms with van der Waals surface area (Å²) in [5, 5.41) is 3.33. The quantitative estimate of drug-likeness (QED) is 0.856. The van der Waals surface area contributed by atoms with Crippen molar-refractivity contribution in [3.05, 3.63) is 58.7 Å². The van der Waals surface area contributed by atoms with Gasteiger partial charge in [-0.05, 0) is 54.3 Å². The highest BCUT2D eigenvalue weighted by Gasteiger charge is 2.12. The second kappa shape index (κ2) is 6.35. The van der Waals surface area contributed by atoms with E-state index in [1.54, 1.807) is 6.92 Å². The molecule has 0 aliphatic heterocycles. The molecule has 0 saturated carbocycles. The van der Waals surface area contributed by atoms with Crippen LogP contribution < -0.4 is 5.32 Å². The summed E-state index contributed by atoms with van der Waals surface area (Å²) in [5.74, 6) is -0.762. The fraction of sp³-hybridized carbons (Fsp3) is 0.333. The van der Waals surface area contributed by atoms with Gasteiger partial charge >= 0.3 is 0 Å². The number of hydrogen-bond donors (Lipinski definition) is 1. The van der Waals surface area contributed by atoms with Crippen LogP contribution in [0.25, 0.3) is 11.1 Å². The van der Waals surface area contributed by atoms with Crippen molar-refractivity contribution in [2.45, 2.75) is 40.3 Å². The van der Waals surface area contributed by atoms with Crippen LogP contribution in [0.2, 0.25) is 0 Å². The molecule has 0 amide bonds. The summed E-state index contributed by atoms with van der Waals surface area (Å²) in [6.45, 7) is 8.33. The highest BCUT2D eigenvalue weighted by molar-refractivity contribution is 5.69. The van der Waals surface area contributed by atoms with E-state index in [2.05, 4.69) is 19.2 Å². The number of hydrogen-bond acceptors (Lipinski definition) is 1. The predicted molar refractivity (Wildman–Crippen MR) is 83.2 cm³/mol. The molecule has 2 aromatic rings. The van der Waals surface area contributed by atoms with Gasteiger partial charge in [0.2, 0.25) is 0 Å². The Kier molecular flexibility index (Phi) is 4.73. The Labute approximate surface area is 125 Å². The number of aryl methyl sites for hydroxylation is 2. The Bertz CT molecular complexity index is 648. The van der Waals surface area contributed by atoms with Crippen LogP contribution in [-0.4, -0.2) is 6.04 Å². The summed E-state index contributed by atoms with van der Waals surface area (Å²) in [6, 6.07) is 8.80. The minimum Gasteiger partial charge on any atom is -0.310 e. The zero-order valence-electron chi connectivity index (χ0n) is 12.9. The van der Waals surface area contributed by atoms with E-state index < -0.39 is 0 Å². The Morgan fingerprint density at radius 2 is 1.62 bits per heavy atom. The van der Waals surface area contributed by atoms with Gasteiger partial charge in [0.25, 0.3) is 0 Å². The molecule has 0 fully saturated rings. The third kappa shape index (κ3) is 3.67. The molecule has 0 aliphatic carbocycles. The summed E-state index contributed by atoms with van der Waals surface area (Å²) < 4.78 is 27.9. The van der Waals surface area contributed by atoms with Gasteiger partial charge in [0.15, 0.2) is 0 Å². The second-order valence-electron chi connectivity index (χ2n) is 5.77. The monoisotopic (exact) mass is 289 g/mol. The van der Waals surface area contributed by atoms with Crippen molar-refractivity contribution in [1.82, 2.24) is 5.32 Å². The molecule has 2 rings (SSSR count). The lowest BCUT2D eigenvalue weighted by atomic mass is 9.96. The van der Waals surface area contributed by atoms with E-state index in [9.17, 15) is 8.78 Å². The Morgan fingerprint density at radius 3 is 2.29 bits per heavy atom. The van der Waals surface area contributed by atoms with E-state index in [-0.39, 0.29) is 11.6 Å². The maximum Gasteiger partial charge on any atom is 0.131 e. The molecule has 0 aliphatic rings. The van der Waals surface area contributed by atoms with Crippen LogP contribution >= 0.6 is 0 Å². The molecule has 0 saturated heterocycles. The van der Waals surface area contributed by atoms with Gasteiger partial charge in [0.1, 0.15) is 11.6 Å². The van der Waals surface area contributed by atoms with Gasteiger partial charge in [-0.25, -0.2) is 8.78 Å². The molecule has 0 unspecified atom stereocenters. The topological polar surface area (TPSA) is 12.0 Å². The van der Waals surface area contributed by atoms with Crippen molar-refractivity contribution < 1.29 is 8.78 Å². The molecule has 3 heteroatoms. The van der Waals surface area contributed by atoms with Crippen molar-refractivity contribution in [2.24, 2.45) is 0 Å². The lowest BCUT2D eigenvalue weighted by Gasteiger charge is -2.13. The van der Waals surface area contributed by atoms with Crippen molar-refractivity contribution in [3.8, 4) is 11.1 Å². The van der Waals surface area contributed by atoms with Gasteiger partial charge in [-0.15, -0.1) is 0 Å². The lowest BCUT2D eigenvalue weighted by molar-refractivity contribution is 0.588. The summed E-state index contributed by atoms with van der Waals surface area (Å²) in [7, 11) is 0. The summed E-state index contributed by atoms with van der Waals surface area (Å²) in [4.78, 5) is 0. The minimum absolute atomic E-state index is 0.321. The number of rotatable bonds is 4. The van der Waals surface area contributed by atoms with Gasteiger partial charge < -0.3 is 5.32 Å². The zero-order chi connectivity index (χ0) is 15.6. The predicted octanol–water partition coefficient (Wildman–Crippen LogP) is 4.75. The minimum atomic E-state index is -0.383. The zero-order valence-corrected chi connectivity index (χ0v) is 12.9. The standard InChI is InChI=1S/C18H21F2N/c1-11(2)21-10-14-6-5-12(3)15(8-14)16-9-17(19)13(4)7-18(16)20/h5-9,11,21H,10H2,1-4H3. The molecule has 0 radical (unpaired) electrons. The van der Waals surface area contributed by atoms with Gasteiger partial charge in [-0.3, -0.25) is 0 Å². The van der Waals surface area contributed by atoms with Crippen molar-refractivity contribution in [1.29, 1.82) is 0 Å². The Balaban J connectivity index is 2.43. The molecule has 0 heterocycles. The van der Waals surface area contributed by atoms with E-state index in [1.807, 2.05) is 25.1 Å². The van der Waals surface area contributed by atoms with E-state index in [0.717, 1.165) is 16.7 Å². The first-order valence-electron chi connectivity index (χ1n) is 7.17. The molecular formula is C18H21F2N. The first-order chi connectivity index (χ1) is 9.88. The van der Waals surface area contributed by atoms with Gasteiger partial charge in [0, 0.05) is 18.2 Å². The van der Waals surface area contributed by atoms with Gasteiger partial charge in [0.05, 0.1) is 0 Å². The first kappa shape index (κ1) is 15.6. The molecule has 0 spiro atoms. The van der Waals surface area contributed by atoms with Crippen molar-refractivity contribution in [2.75, 3.05) is 0 Å². The molecule has 1 nitrogen and oxygen atoms in total. The van der Waals surface area contributed by atoms with Crippen LogP contribution in [0.5, 0.6) is 0 Å². The fourth-order valence-electron chi connectivity index (χ4n) is 2.24. The third-order valence-corrected chi connectivity index (χ3v) is 3.55. The van der Waals surface area contributed by atoms with Gasteiger partial charge in [-0.1, -0.05) is 26.0 Å². The van der Waals surface area contributed by atoms with Crippen LogP contribution in [0, 0.1) is 25.5 Å². The third-order valence-electron chi connectivity index (χ3n) is 3.55. The Morgan fingerprint density at radius 1 is 0.905 bits per heavy atom. The number of halogens is 2. The van der Waals surface area contributed by atoms with Crippen LogP contribution in [-0.2, 0) is 6.54 Å². The van der Waals surface area contributed by atoms with Crippen LogP contribution in [0.3, 0.4) is 0 Å². The molecular weight excluding hydrogens is 268 g/mol. The molecule has 0 bridgehead atoms. The fourth-order valence-corrected chi connectivity index (χ4v) is 2.24. The van der Waals surface area contributed by atoms with E-state index in [0.29, 0.717) is 23.7 Å². The van der Waals surface area contributed by atoms with Crippen molar-refractivity contribution >= 4 is 0 Å². The van der Waals surface area contributed by atoms with Crippen molar-refractivity contribution in [3.63, 3.8) is 0 Å². The summed E-state index contributed by atoms with van der Waals surface area (Å²) in [6.07, 6.45) is 0. The molecule has 2 aromatic carbocycles. The summed E-state index contributed by atoms with van der Waals surface area (Å²) >= 11 is 0. The average molecular weight is 289 g/mol. The van der Waals surface area contributed by atoms with E-state index in [4.69, 9.17) is 0 Å². The molecule has 112 valence electrons. The highest BCUT2D eigenvalue weighted by atomic mass is 19.1. The SMILES string of the molecule is Cc1cc(F)c(-c2cc(CNC(C)C)ccc2C)cc1F. The Hall–Kier alpha value is -1.74. The lowest BCUT2D eigenvalue weighted by Crippen LogP contribution is -2.21. The largest absolute Gasteiger partial charge is 0.310 e. The maximum absolute atomic E-state index is 14.2. The molecule has 0 atom stereocenters.